The standard InChI is InChI=1S/C17H18O/c1-13-10-16(12-18)11-14(2)17(13)9-8-15-6-4-3-5-7-15/h3-7,10-12H,8-9H2,1-2H3. The summed E-state index contributed by atoms with van der Waals surface area (Å²) in [6.45, 7) is 4.17. The molecule has 0 radical (unpaired) electrons. The van der Waals surface area contributed by atoms with Crippen LogP contribution in [0.5, 0.6) is 0 Å². The highest BCUT2D eigenvalue weighted by molar-refractivity contribution is 5.76. The molecule has 0 aliphatic heterocycles. The maximum absolute atomic E-state index is 10.8. The van der Waals surface area contributed by atoms with Crippen molar-refractivity contribution >= 4 is 6.29 Å². The highest BCUT2D eigenvalue weighted by Gasteiger charge is 2.05. The highest BCUT2D eigenvalue weighted by atomic mass is 16.1. The Bertz CT molecular complexity index is 518. The Morgan fingerprint density at radius 1 is 0.944 bits per heavy atom. The third-order valence-corrected chi connectivity index (χ3v) is 3.36. The van der Waals surface area contributed by atoms with Crippen molar-refractivity contribution in [3.63, 3.8) is 0 Å². The van der Waals surface area contributed by atoms with E-state index in [2.05, 4.69) is 38.1 Å². The SMILES string of the molecule is Cc1cc(C=O)cc(C)c1CCc1ccccc1. The summed E-state index contributed by atoms with van der Waals surface area (Å²) in [5.41, 5.74) is 5.93. The van der Waals surface area contributed by atoms with E-state index in [0.29, 0.717) is 0 Å². The van der Waals surface area contributed by atoms with E-state index in [1.165, 1.54) is 22.3 Å². The van der Waals surface area contributed by atoms with Crippen LogP contribution in [0.4, 0.5) is 0 Å². The molecule has 0 aliphatic rings. The first-order chi connectivity index (χ1) is 8.70. The summed E-state index contributed by atoms with van der Waals surface area (Å²) in [5.74, 6) is 0. The average molecular weight is 238 g/mol. The quantitative estimate of drug-likeness (QED) is 0.738. The summed E-state index contributed by atoms with van der Waals surface area (Å²) < 4.78 is 0. The fourth-order valence-corrected chi connectivity index (χ4v) is 2.40. The second kappa shape index (κ2) is 5.63. The number of benzene rings is 2. The van der Waals surface area contributed by atoms with Crippen LogP contribution in [0, 0.1) is 13.8 Å². The second-order valence-electron chi connectivity index (χ2n) is 4.74. The van der Waals surface area contributed by atoms with Crippen LogP contribution in [0.1, 0.15) is 32.6 Å². The van der Waals surface area contributed by atoms with E-state index < -0.39 is 0 Å². The largest absolute Gasteiger partial charge is 0.298 e. The molecule has 1 heteroatoms. The fraction of sp³-hybridized carbons (Fsp3) is 0.235. The smallest absolute Gasteiger partial charge is 0.150 e. The van der Waals surface area contributed by atoms with Crippen LogP contribution in [0.3, 0.4) is 0 Å². The lowest BCUT2D eigenvalue weighted by atomic mass is 9.94. The van der Waals surface area contributed by atoms with Gasteiger partial charge in [-0.05, 0) is 61.1 Å². The Labute approximate surface area is 108 Å². The van der Waals surface area contributed by atoms with Gasteiger partial charge >= 0.3 is 0 Å². The lowest BCUT2D eigenvalue weighted by Gasteiger charge is -2.11. The molecule has 0 fully saturated rings. The number of carbonyl (C=O) groups excluding carboxylic acids is 1. The van der Waals surface area contributed by atoms with E-state index in [9.17, 15) is 4.79 Å². The van der Waals surface area contributed by atoms with Gasteiger partial charge in [-0.1, -0.05) is 30.3 Å². The van der Waals surface area contributed by atoms with Crippen molar-refractivity contribution in [3.8, 4) is 0 Å². The summed E-state index contributed by atoms with van der Waals surface area (Å²) in [6.07, 6.45) is 2.99. The molecule has 0 aromatic heterocycles. The highest BCUT2D eigenvalue weighted by Crippen LogP contribution is 2.18. The summed E-state index contributed by atoms with van der Waals surface area (Å²) in [5, 5.41) is 0. The molecule has 0 saturated carbocycles. The zero-order chi connectivity index (χ0) is 13.0. The minimum absolute atomic E-state index is 0.772. The molecule has 2 aromatic rings. The molecule has 0 aliphatic carbocycles. The molecule has 2 aromatic carbocycles. The lowest BCUT2D eigenvalue weighted by molar-refractivity contribution is 0.112. The fourth-order valence-electron chi connectivity index (χ4n) is 2.40. The molecular formula is C17H18O. The first kappa shape index (κ1) is 12.6. The summed E-state index contributed by atoms with van der Waals surface area (Å²) >= 11 is 0. The molecule has 1 nitrogen and oxygen atoms in total. The number of aldehydes is 1. The van der Waals surface area contributed by atoms with Gasteiger partial charge in [0.15, 0.2) is 0 Å². The third-order valence-electron chi connectivity index (χ3n) is 3.36. The lowest BCUT2D eigenvalue weighted by Crippen LogP contribution is -1.99. The van der Waals surface area contributed by atoms with E-state index in [4.69, 9.17) is 0 Å². The molecule has 2 rings (SSSR count). The molecule has 0 spiro atoms. The van der Waals surface area contributed by atoms with E-state index >= 15 is 0 Å². The molecule has 92 valence electrons. The Hall–Kier alpha value is -1.89. The van der Waals surface area contributed by atoms with Crippen molar-refractivity contribution in [2.75, 3.05) is 0 Å². The molecule has 18 heavy (non-hydrogen) atoms. The van der Waals surface area contributed by atoms with Gasteiger partial charge in [-0.15, -0.1) is 0 Å². The summed E-state index contributed by atoms with van der Waals surface area (Å²) in [7, 11) is 0. The molecule has 0 heterocycles. The topological polar surface area (TPSA) is 17.1 Å². The zero-order valence-electron chi connectivity index (χ0n) is 10.9. The first-order valence-corrected chi connectivity index (χ1v) is 6.30. The van der Waals surface area contributed by atoms with Crippen LogP contribution in [-0.2, 0) is 12.8 Å². The van der Waals surface area contributed by atoms with Crippen molar-refractivity contribution in [2.45, 2.75) is 26.7 Å². The van der Waals surface area contributed by atoms with Gasteiger partial charge in [-0.2, -0.15) is 0 Å². The van der Waals surface area contributed by atoms with Crippen LogP contribution >= 0.6 is 0 Å². The molecule has 0 saturated heterocycles. The number of hydrogen-bond donors (Lipinski definition) is 0. The average Bonchev–Trinajstić information content (AvgIpc) is 2.38. The molecule has 0 bridgehead atoms. The van der Waals surface area contributed by atoms with E-state index in [1.807, 2.05) is 18.2 Å². The molecule has 0 amide bonds. The van der Waals surface area contributed by atoms with Crippen molar-refractivity contribution in [3.05, 3.63) is 70.3 Å². The first-order valence-electron chi connectivity index (χ1n) is 6.30. The van der Waals surface area contributed by atoms with Gasteiger partial charge in [-0.25, -0.2) is 0 Å². The van der Waals surface area contributed by atoms with Gasteiger partial charge in [0, 0.05) is 5.56 Å². The van der Waals surface area contributed by atoms with Gasteiger partial charge in [0.25, 0.3) is 0 Å². The minimum atomic E-state index is 0.772. The third kappa shape index (κ3) is 2.86. The zero-order valence-corrected chi connectivity index (χ0v) is 10.9. The van der Waals surface area contributed by atoms with Crippen molar-refractivity contribution < 1.29 is 4.79 Å². The predicted molar refractivity (Wildman–Crippen MR) is 75.2 cm³/mol. The predicted octanol–water partition coefficient (Wildman–Crippen LogP) is 3.90. The second-order valence-corrected chi connectivity index (χ2v) is 4.74. The van der Waals surface area contributed by atoms with Crippen LogP contribution in [0.2, 0.25) is 0 Å². The van der Waals surface area contributed by atoms with Crippen molar-refractivity contribution in [1.82, 2.24) is 0 Å². The Morgan fingerprint density at radius 3 is 2.11 bits per heavy atom. The maximum Gasteiger partial charge on any atom is 0.150 e. The molecule has 0 unspecified atom stereocenters. The molecular weight excluding hydrogens is 220 g/mol. The molecule has 0 atom stereocenters. The van der Waals surface area contributed by atoms with Gasteiger partial charge in [-0.3, -0.25) is 4.79 Å². The van der Waals surface area contributed by atoms with Gasteiger partial charge in [0.05, 0.1) is 0 Å². The Kier molecular flexibility index (Phi) is 3.93. The van der Waals surface area contributed by atoms with E-state index in [-0.39, 0.29) is 0 Å². The van der Waals surface area contributed by atoms with Crippen molar-refractivity contribution in [2.24, 2.45) is 0 Å². The van der Waals surface area contributed by atoms with Gasteiger partial charge in [0.1, 0.15) is 6.29 Å². The monoisotopic (exact) mass is 238 g/mol. The van der Waals surface area contributed by atoms with E-state index in [1.54, 1.807) is 0 Å². The maximum atomic E-state index is 10.8. The van der Waals surface area contributed by atoms with Crippen molar-refractivity contribution in [1.29, 1.82) is 0 Å². The molecule has 0 N–H and O–H groups in total. The van der Waals surface area contributed by atoms with Crippen LogP contribution in [0.25, 0.3) is 0 Å². The summed E-state index contributed by atoms with van der Waals surface area (Å²) in [6, 6.07) is 14.4. The number of hydrogen-bond acceptors (Lipinski definition) is 1. The van der Waals surface area contributed by atoms with Gasteiger partial charge in [0.2, 0.25) is 0 Å². The van der Waals surface area contributed by atoms with E-state index in [0.717, 1.165) is 24.7 Å². The van der Waals surface area contributed by atoms with Gasteiger partial charge < -0.3 is 0 Å². The normalized spacial score (nSPS) is 10.3. The Morgan fingerprint density at radius 2 is 1.56 bits per heavy atom. The van der Waals surface area contributed by atoms with Crippen LogP contribution < -0.4 is 0 Å². The number of aryl methyl sites for hydroxylation is 3. The summed E-state index contributed by atoms with van der Waals surface area (Å²) in [4.78, 5) is 10.8. The number of rotatable bonds is 4. The van der Waals surface area contributed by atoms with Crippen LogP contribution in [0.15, 0.2) is 42.5 Å². The minimum Gasteiger partial charge on any atom is -0.298 e. The number of carbonyl (C=O) groups is 1. The van der Waals surface area contributed by atoms with Crippen LogP contribution in [-0.4, -0.2) is 6.29 Å². The Balaban J connectivity index is 2.17.